The van der Waals surface area contributed by atoms with Crippen molar-refractivity contribution in [2.24, 2.45) is 0 Å². The number of hydrogen-bond donors (Lipinski definition) is 1. The number of nitrogens with one attached hydrogen (secondary N) is 1. The maximum absolute atomic E-state index is 13.5. The Balaban J connectivity index is 3.05. The summed E-state index contributed by atoms with van der Waals surface area (Å²) in [5, 5.41) is 0. The molecule has 0 saturated carbocycles. The summed E-state index contributed by atoms with van der Waals surface area (Å²) in [5.41, 5.74) is 0. The maximum Gasteiger partial charge on any atom is 0.244 e. The highest BCUT2D eigenvalue weighted by atomic mass is 79.9. The van der Waals surface area contributed by atoms with Crippen molar-refractivity contribution in [3.63, 3.8) is 0 Å². The average Bonchev–Trinajstić information content (AvgIpc) is 2.30. The van der Waals surface area contributed by atoms with E-state index in [-0.39, 0.29) is 0 Å². The molecule has 0 aliphatic rings. The molecule has 0 radical (unpaired) electrons. The van der Waals surface area contributed by atoms with Gasteiger partial charge in [0, 0.05) is 18.6 Å². The van der Waals surface area contributed by atoms with Gasteiger partial charge >= 0.3 is 0 Å². The highest BCUT2D eigenvalue weighted by molar-refractivity contribution is 9.10. The van der Waals surface area contributed by atoms with Crippen molar-refractivity contribution in [2.75, 3.05) is 14.1 Å². The lowest BCUT2D eigenvalue weighted by molar-refractivity contribution is -0.130. The van der Waals surface area contributed by atoms with Gasteiger partial charge in [0.1, 0.15) is 10.7 Å². The number of sulfonamides is 1. The molecule has 0 unspecified atom stereocenters. The molecule has 1 aromatic carbocycles. The molecule has 1 aromatic rings. The number of hydrogen-bond acceptors (Lipinski definition) is 3. The molecule has 5 nitrogen and oxygen atoms in total. The molecule has 1 atom stereocenters. The molecular weight excluding hydrogens is 339 g/mol. The molecule has 0 aliphatic carbocycles. The highest BCUT2D eigenvalue weighted by Crippen LogP contribution is 2.20. The number of nitrogens with zero attached hydrogens (tertiary/aromatic N) is 1. The number of carbonyl (C=O) groups excluding carboxylic acids is 1. The van der Waals surface area contributed by atoms with Crippen LogP contribution in [-0.2, 0) is 14.8 Å². The van der Waals surface area contributed by atoms with E-state index in [9.17, 15) is 17.6 Å². The summed E-state index contributed by atoms with van der Waals surface area (Å²) in [6.07, 6.45) is 0. The van der Waals surface area contributed by atoms with Crippen molar-refractivity contribution in [3.05, 3.63) is 28.5 Å². The van der Waals surface area contributed by atoms with Crippen LogP contribution in [0.1, 0.15) is 6.92 Å². The van der Waals surface area contributed by atoms with E-state index < -0.39 is 32.7 Å². The van der Waals surface area contributed by atoms with E-state index in [4.69, 9.17) is 0 Å². The number of likely N-dealkylation sites (N-methyl/N-ethyl adjacent to an activating group) is 1. The average molecular weight is 353 g/mol. The largest absolute Gasteiger partial charge is 0.347 e. The minimum absolute atomic E-state index is 0.418. The van der Waals surface area contributed by atoms with Crippen molar-refractivity contribution in [1.82, 2.24) is 9.62 Å². The minimum atomic E-state index is -4.09. The van der Waals surface area contributed by atoms with Crippen LogP contribution in [0.5, 0.6) is 0 Å². The first-order valence-electron chi connectivity index (χ1n) is 5.33. The molecule has 0 heterocycles. The second-order valence-corrected chi connectivity index (χ2v) is 6.75. The fraction of sp³-hybridized carbons (Fsp3) is 0.364. The van der Waals surface area contributed by atoms with Gasteiger partial charge < -0.3 is 4.90 Å². The Hall–Kier alpha value is -0.990. The van der Waals surface area contributed by atoms with Crippen molar-refractivity contribution >= 4 is 31.9 Å². The van der Waals surface area contributed by atoms with Crippen LogP contribution in [0.15, 0.2) is 27.6 Å². The number of rotatable bonds is 4. The van der Waals surface area contributed by atoms with E-state index in [0.29, 0.717) is 4.47 Å². The molecule has 1 amide bonds. The van der Waals surface area contributed by atoms with Gasteiger partial charge in [-0.2, -0.15) is 4.72 Å². The monoisotopic (exact) mass is 352 g/mol. The molecule has 106 valence electrons. The summed E-state index contributed by atoms with van der Waals surface area (Å²) in [6.45, 7) is 1.40. The van der Waals surface area contributed by atoms with Gasteiger partial charge in [0.25, 0.3) is 0 Å². The zero-order valence-electron chi connectivity index (χ0n) is 10.6. The van der Waals surface area contributed by atoms with Gasteiger partial charge in [0.2, 0.25) is 15.9 Å². The van der Waals surface area contributed by atoms with Crippen molar-refractivity contribution in [2.45, 2.75) is 17.9 Å². The Labute approximate surface area is 120 Å². The topological polar surface area (TPSA) is 66.5 Å². The van der Waals surface area contributed by atoms with Crippen molar-refractivity contribution in [1.29, 1.82) is 0 Å². The SMILES string of the molecule is C[C@@H](NS(=O)(=O)c1cc(Br)ccc1F)C(=O)N(C)C. The van der Waals surface area contributed by atoms with Crippen LogP contribution in [0.2, 0.25) is 0 Å². The van der Waals surface area contributed by atoms with E-state index in [1.54, 1.807) is 0 Å². The lowest BCUT2D eigenvalue weighted by Gasteiger charge is -2.18. The second-order valence-electron chi connectivity index (χ2n) is 4.15. The summed E-state index contributed by atoms with van der Waals surface area (Å²) in [7, 11) is -1.08. The Bertz CT molecular complexity index is 590. The van der Waals surface area contributed by atoms with Gasteiger partial charge in [-0.1, -0.05) is 15.9 Å². The molecule has 0 spiro atoms. The summed E-state index contributed by atoms with van der Waals surface area (Å²) in [4.78, 5) is 12.4. The van der Waals surface area contributed by atoms with E-state index in [2.05, 4.69) is 20.7 Å². The van der Waals surface area contributed by atoms with Crippen LogP contribution in [0.25, 0.3) is 0 Å². The predicted molar refractivity (Wildman–Crippen MR) is 72.6 cm³/mol. The number of amides is 1. The zero-order chi connectivity index (χ0) is 14.8. The maximum atomic E-state index is 13.5. The minimum Gasteiger partial charge on any atom is -0.347 e. The smallest absolute Gasteiger partial charge is 0.244 e. The van der Waals surface area contributed by atoms with Crippen molar-refractivity contribution < 1.29 is 17.6 Å². The molecule has 0 bridgehead atoms. The third kappa shape index (κ3) is 3.99. The van der Waals surface area contributed by atoms with E-state index in [1.807, 2.05) is 0 Å². The Morgan fingerprint density at radius 3 is 2.53 bits per heavy atom. The lowest BCUT2D eigenvalue weighted by atomic mass is 10.3. The van der Waals surface area contributed by atoms with E-state index in [0.717, 1.165) is 12.1 Å². The first-order chi connectivity index (χ1) is 8.65. The molecule has 1 N–H and O–H groups in total. The molecule has 0 saturated heterocycles. The summed E-state index contributed by atoms with van der Waals surface area (Å²) < 4.78 is 40.1. The van der Waals surface area contributed by atoms with Gasteiger partial charge in [-0.15, -0.1) is 0 Å². The normalized spacial score (nSPS) is 13.1. The van der Waals surface area contributed by atoms with E-state index >= 15 is 0 Å². The molecule has 0 aliphatic heterocycles. The molecule has 8 heteroatoms. The number of halogens is 2. The van der Waals surface area contributed by atoms with Crippen LogP contribution >= 0.6 is 15.9 Å². The van der Waals surface area contributed by atoms with E-state index in [1.165, 1.54) is 32.0 Å². The standard InChI is InChI=1S/C11H14BrFN2O3S/c1-7(11(16)15(2)3)14-19(17,18)10-6-8(12)4-5-9(10)13/h4-7,14H,1-3H3/t7-/m1/s1. The van der Waals surface area contributed by atoms with Gasteiger partial charge in [-0.05, 0) is 25.1 Å². The summed E-state index contributed by atoms with van der Waals surface area (Å²) in [6, 6.07) is 2.60. The van der Waals surface area contributed by atoms with Gasteiger partial charge in [0.15, 0.2) is 0 Å². The predicted octanol–water partition coefficient (Wildman–Crippen LogP) is 1.34. The molecule has 19 heavy (non-hydrogen) atoms. The van der Waals surface area contributed by atoms with Gasteiger partial charge in [-0.3, -0.25) is 4.79 Å². The van der Waals surface area contributed by atoms with Crippen LogP contribution in [-0.4, -0.2) is 39.4 Å². The van der Waals surface area contributed by atoms with Crippen molar-refractivity contribution in [3.8, 4) is 0 Å². The quantitative estimate of drug-likeness (QED) is 0.889. The van der Waals surface area contributed by atoms with Crippen LogP contribution in [0, 0.1) is 5.82 Å². The van der Waals surface area contributed by atoms with Gasteiger partial charge in [-0.25, -0.2) is 12.8 Å². The fourth-order valence-corrected chi connectivity index (χ4v) is 3.23. The zero-order valence-corrected chi connectivity index (χ0v) is 13.0. The summed E-state index contributed by atoms with van der Waals surface area (Å²) >= 11 is 3.07. The third-order valence-corrected chi connectivity index (χ3v) is 4.37. The Kier molecular flexibility index (Phi) is 5.05. The third-order valence-electron chi connectivity index (χ3n) is 2.33. The highest BCUT2D eigenvalue weighted by Gasteiger charge is 2.25. The number of carbonyl (C=O) groups is 1. The van der Waals surface area contributed by atoms with Crippen LogP contribution in [0.3, 0.4) is 0 Å². The Morgan fingerprint density at radius 2 is 2.00 bits per heavy atom. The first-order valence-corrected chi connectivity index (χ1v) is 7.61. The lowest BCUT2D eigenvalue weighted by Crippen LogP contribution is -2.44. The first kappa shape index (κ1) is 16.1. The molecule has 0 fully saturated rings. The molecular formula is C11H14BrFN2O3S. The Morgan fingerprint density at radius 1 is 1.42 bits per heavy atom. The van der Waals surface area contributed by atoms with Gasteiger partial charge in [0.05, 0.1) is 6.04 Å². The molecule has 0 aromatic heterocycles. The summed E-state index contributed by atoms with van der Waals surface area (Å²) in [5.74, 6) is -1.29. The van der Waals surface area contributed by atoms with Crippen LogP contribution in [0.4, 0.5) is 4.39 Å². The fourth-order valence-electron chi connectivity index (χ4n) is 1.42. The second kappa shape index (κ2) is 5.98. The van der Waals surface area contributed by atoms with Crippen LogP contribution < -0.4 is 4.72 Å². The number of benzene rings is 1. The molecule has 1 rings (SSSR count).